The number of benzene rings is 1. The van der Waals surface area contributed by atoms with Gasteiger partial charge in [-0.3, -0.25) is 4.79 Å². The maximum Gasteiger partial charge on any atom is 0.255 e. The molecule has 1 heterocycles. The number of halogens is 1. The highest BCUT2D eigenvalue weighted by molar-refractivity contribution is 9.10. The Labute approximate surface area is 126 Å². The van der Waals surface area contributed by atoms with Gasteiger partial charge in [-0.1, -0.05) is 22.0 Å². The minimum atomic E-state index is -0.151. The Hall–Kier alpha value is -1.66. The predicted molar refractivity (Wildman–Crippen MR) is 82.0 cm³/mol. The first-order valence-electron chi connectivity index (χ1n) is 6.34. The van der Waals surface area contributed by atoms with Crippen LogP contribution in [0.2, 0.25) is 0 Å². The zero-order chi connectivity index (χ0) is 14.7. The summed E-state index contributed by atoms with van der Waals surface area (Å²) in [5, 5.41) is 7.12. The summed E-state index contributed by atoms with van der Waals surface area (Å²) in [4.78, 5) is 12.1. The van der Waals surface area contributed by atoms with Crippen LogP contribution in [0.3, 0.4) is 0 Å². The van der Waals surface area contributed by atoms with E-state index >= 15 is 0 Å². The lowest BCUT2D eigenvalue weighted by Gasteiger charge is -2.11. The molecule has 3 N–H and O–H groups in total. The molecule has 0 saturated heterocycles. The fraction of sp³-hybridized carbons (Fsp3) is 0.286. The Balaban J connectivity index is 2.29. The lowest BCUT2D eigenvalue weighted by Crippen LogP contribution is -2.37. The van der Waals surface area contributed by atoms with Crippen LogP contribution in [0.25, 0.3) is 5.69 Å². The standard InChI is InChI=1S/C14H17BrN4O/c1-9(7-16)18-14(20)13-8-17-19(10(13)2)12-5-3-4-11(15)6-12/h3-6,8-9H,7,16H2,1-2H3,(H,18,20)/t9-/m0/s1. The molecule has 5 nitrogen and oxygen atoms in total. The average molecular weight is 337 g/mol. The molecule has 2 rings (SSSR count). The normalized spacial score (nSPS) is 12.2. The van der Waals surface area contributed by atoms with E-state index in [1.165, 1.54) is 0 Å². The van der Waals surface area contributed by atoms with Gasteiger partial charge in [-0.15, -0.1) is 0 Å². The molecule has 0 radical (unpaired) electrons. The molecule has 1 atom stereocenters. The SMILES string of the molecule is Cc1c(C(=O)N[C@@H](C)CN)cnn1-c1cccc(Br)c1. The molecule has 20 heavy (non-hydrogen) atoms. The molecule has 0 fully saturated rings. The number of aromatic nitrogens is 2. The van der Waals surface area contributed by atoms with Crippen molar-refractivity contribution >= 4 is 21.8 Å². The Bertz CT molecular complexity index is 623. The summed E-state index contributed by atoms with van der Waals surface area (Å²) < 4.78 is 2.71. The molecular weight excluding hydrogens is 320 g/mol. The van der Waals surface area contributed by atoms with E-state index in [-0.39, 0.29) is 11.9 Å². The highest BCUT2D eigenvalue weighted by Gasteiger charge is 2.16. The van der Waals surface area contributed by atoms with Gasteiger partial charge in [-0.2, -0.15) is 5.10 Å². The molecule has 6 heteroatoms. The van der Waals surface area contributed by atoms with Gasteiger partial charge in [-0.05, 0) is 32.0 Å². The van der Waals surface area contributed by atoms with E-state index < -0.39 is 0 Å². The number of carbonyl (C=O) groups is 1. The third-order valence-electron chi connectivity index (χ3n) is 3.04. The Morgan fingerprint density at radius 2 is 2.30 bits per heavy atom. The second-order valence-corrected chi connectivity index (χ2v) is 5.56. The monoisotopic (exact) mass is 336 g/mol. The summed E-state index contributed by atoms with van der Waals surface area (Å²) in [6, 6.07) is 7.70. The zero-order valence-corrected chi connectivity index (χ0v) is 13.0. The van der Waals surface area contributed by atoms with Crippen molar-refractivity contribution in [3.8, 4) is 5.69 Å². The highest BCUT2D eigenvalue weighted by atomic mass is 79.9. The van der Waals surface area contributed by atoms with Crippen LogP contribution in [-0.4, -0.2) is 28.3 Å². The van der Waals surface area contributed by atoms with E-state index in [1.54, 1.807) is 10.9 Å². The van der Waals surface area contributed by atoms with E-state index in [0.29, 0.717) is 12.1 Å². The van der Waals surface area contributed by atoms with Crippen LogP contribution in [0.15, 0.2) is 34.9 Å². The van der Waals surface area contributed by atoms with Gasteiger partial charge in [0.25, 0.3) is 5.91 Å². The minimum Gasteiger partial charge on any atom is -0.348 e. The van der Waals surface area contributed by atoms with Crippen molar-refractivity contribution in [1.29, 1.82) is 0 Å². The summed E-state index contributed by atoms with van der Waals surface area (Å²) in [5.41, 5.74) is 7.77. The van der Waals surface area contributed by atoms with Crippen molar-refractivity contribution in [3.05, 3.63) is 46.2 Å². The second kappa shape index (κ2) is 6.19. The van der Waals surface area contributed by atoms with Gasteiger partial charge in [0.1, 0.15) is 0 Å². The number of rotatable bonds is 4. The van der Waals surface area contributed by atoms with Gasteiger partial charge < -0.3 is 11.1 Å². The predicted octanol–water partition coefficient (Wildman–Crippen LogP) is 2.02. The largest absolute Gasteiger partial charge is 0.348 e. The first-order valence-corrected chi connectivity index (χ1v) is 7.13. The zero-order valence-electron chi connectivity index (χ0n) is 11.4. The quantitative estimate of drug-likeness (QED) is 0.897. The van der Waals surface area contributed by atoms with Gasteiger partial charge in [0.15, 0.2) is 0 Å². The van der Waals surface area contributed by atoms with E-state index in [2.05, 4.69) is 26.3 Å². The van der Waals surface area contributed by atoms with E-state index in [0.717, 1.165) is 15.9 Å². The van der Waals surface area contributed by atoms with Gasteiger partial charge in [0.05, 0.1) is 23.1 Å². The van der Waals surface area contributed by atoms with Gasteiger partial charge in [0, 0.05) is 17.1 Å². The van der Waals surface area contributed by atoms with Gasteiger partial charge in [0.2, 0.25) is 0 Å². The van der Waals surface area contributed by atoms with Gasteiger partial charge >= 0.3 is 0 Å². The van der Waals surface area contributed by atoms with E-state index in [4.69, 9.17) is 5.73 Å². The molecule has 0 bridgehead atoms. The van der Waals surface area contributed by atoms with Crippen LogP contribution >= 0.6 is 15.9 Å². The molecule has 1 aromatic carbocycles. The van der Waals surface area contributed by atoms with Crippen LogP contribution in [-0.2, 0) is 0 Å². The van der Waals surface area contributed by atoms with E-state index in [1.807, 2.05) is 38.1 Å². The molecular formula is C14H17BrN4O. The molecule has 1 amide bonds. The fourth-order valence-electron chi connectivity index (χ4n) is 1.86. The number of nitrogens with two attached hydrogens (primary N) is 1. The number of nitrogens with zero attached hydrogens (tertiary/aromatic N) is 2. The second-order valence-electron chi connectivity index (χ2n) is 4.65. The Kier molecular flexibility index (Phi) is 4.57. The van der Waals surface area contributed by atoms with Crippen molar-refractivity contribution in [2.24, 2.45) is 5.73 Å². The molecule has 0 aliphatic rings. The molecule has 1 aromatic heterocycles. The van der Waals surface area contributed by atoms with Crippen molar-refractivity contribution in [2.75, 3.05) is 6.54 Å². The van der Waals surface area contributed by atoms with Crippen molar-refractivity contribution in [1.82, 2.24) is 15.1 Å². The van der Waals surface area contributed by atoms with Crippen LogP contribution in [0.4, 0.5) is 0 Å². The minimum absolute atomic E-state index is 0.0591. The van der Waals surface area contributed by atoms with Crippen molar-refractivity contribution in [3.63, 3.8) is 0 Å². The summed E-state index contributed by atoms with van der Waals surface area (Å²) in [7, 11) is 0. The first kappa shape index (κ1) is 14.7. The molecule has 0 unspecified atom stereocenters. The Morgan fingerprint density at radius 3 is 2.95 bits per heavy atom. The number of carbonyl (C=O) groups excluding carboxylic acids is 1. The summed E-state index contributed by atoms with van der Waals surface area (Å²) in [6.07, 6.45) is 1.58. The summed E-state index contributed by atoms with van der Waals surface area (Å²) in [5.74, 6) is -0.151. The molecule has 0 saturated carbocycles. The lowest BCUT2D eigenvalue weighted by molar-refractivity contribution is 0.0940. The number of hydrogen-bond acceptors (Lipinski definition) is 3. The molecule has 2 aromatic rings. The topological polar surface area (TPSA) is 72.9 Å². The lowest BCUT2D eigenvalue weighted by atomic mass is 10.2. The maximum absolute atomic E-state index is 12.1. The maximum atomic E-state index is 12.1. The molecule has 0 aliphatic carbocycles. The first-order chi connectivity index (χ1) is 9.52. The fourth-order valence-corrected chi connectivity index (χ4v) is 2.25. The highest BCUT2D eigenvalue weighted by Crippen LogP contribution is 2.18. The Morgan fingerprint density at radius 1 is 1.55 bits per heavy atom. The summed E-state index contributed by atoms with van der Waals surface area (Å²) >= 11 is 3.43. The van der Waals surface area contributed by atoms with E-state index in [9.17, 15) is 4.79 Å². The summed E-state index contributed by atoms with van der Waals surface area (Å²) in [6.45, 7) is 4.15. The van der Waals surface area contributed by atoms with Gasteiger partial charge in [-0.25, -0.2) is 4.68 Å². The third kappa shape index (κ3) is 3.08. The number of hydrogen-bond donors (Lipinski definition) is 2. The van der Waals surface area contributed by atoms with Crippen LogP contribution in [0, 0.1) is 6.92 Å². The van der Waals surface area contributed by atoms with Crippen molar-refractivity contribution < 1.29 is 4.79 Å². The van der Waals surface area contributed by atoms with Crippen LogP contribution < -0.4 is 11.1 Å². The third-order valence-corrected chi connectivity index (χ3v) is 3.53. The average Bonchev–Trinajstić information content (AvgIpc) is 2.80. The number of amides is 1. The molecule has 106 valence electrons. The molecule has 0 spiro atoms. The van der Waals surface area contributed by atoms with Crippen LogP contribution in [0.5, 0.6) is 0 Å². The smallest absolute Gasteiger partial charge is 0.255 e. The van der Waals surface area contributed by atoms with Crippen LogP contribution in [0.1, 0.15) is 23.0 Å². The molecule has 0 aliphatic heterocycles. The number of nitrogens with one attached hydrogen (secondary N) is 1. The van der Waals surface area contributed by atoms with Crippen molar-refractivity contribution in [2.45, 2.75) is 19.9 Å².